The summed E-state index contributed by atoms with van der Waals surface area (Å²) >= 11 is 0. The minimum atomic E-state index is 0.250. The summed E-state index contributed by atoms with van der Waals surface area (Å²) in [5, 5.41) is 19.7. The molecule has 0 radical (unpaired) electrons. The average Bonchev–Trinajstić information content (AvgIpc) is 2.33. The first-order chi connectivity index (χ1) is 6.08. The van der Waals surface area contributed by atoms with Gasteiger partial charge in [-0.2, -0.15) is 0 Å². The molecule has 0 bridgehead atoms. The molecule has 1 aliphatic rings. The third kappa shape index (κ3) is 5.24. The van der Waals surface area contributed by atoms with Crippen molar-refractivity contribution in [2.24, 2.45) is 5.41 Å². The molecule has 0 spiro atoms. The second kappa shape index (κ2) is 6.35. The Morgan fingerprint density at radius 3 is 2.31 bits per heavy atom. The fourth-order valence-corrected chi connectivity index (χ4v) is 1.76. The van der Waals surface area contributed by atoms with Crippen molar-refractivity contribution in [3.8, 4) is 0 Å². The van der Waals surface area contributed by atoms with Crippen molar-refractivity contribution >= 4 is 0 Å². The number of nitrogens with one attached hydrogen (secondary N) is 1. The van der Waals surface area contributed by atoms with Crippen LogP contribution in [0.4, 0.5) is 0 Å². The van der Waals surface area contributed by atoms with Gasteiger partial charge in [0.1, 0.15) is 0 Å². The highest BCUT2D eigenvalue weighted by molar-refractivity contribution is 4.88. The predicted molar refractivity (Wildman–Crippen MR) is 54.7 cm³/mol. The molecule has 0 aliphatic carbocycles. The molecule has 0 aromatic carbocycles. The number of rotatable bonds is 2. The Labute approximate surface area is 81.2 Å². The van der Waals surface area contributed by atoms with Gasteiger partial charge in [0.15, 0.2) is 0 Å². The van der Waals surface area contributed by atoms with Crippen LogP contribution in [-0.4, -0.2) is 36.0 Å². The van der Waals surface area contributed by atoms with Crippen molar-refractivity contribution in [3.05, 3.63) is 0 Å². The highest BCUT2D eigenvalue weighted by atomic mass is 16.3. The van der Waals surface area contributed by atoms with E-state index in [9.17, 15) is 0 Å². The van der Waals surface area contributed by atoms with E-state index < -0.39 is 0 Å². The Hall–Kier alpha value is -0.120. The highest BCUT2D eigenvalue weighted by Crippen LogP contribution is 2.30. The molecule has 0 aromatic rings. The predicted octanol–water partition coefficient (Wildman–Crippen LogP) is 0.756. The van der Waals surface area contributed by atoms with Crippen LogP contribution < -0.4 is 5.32 Å². The molecule has 0 amide bonds. The molecule has 1 aliphatic heterocycles. The van der Waals surface area contributed by atoms with Crippen molar-refractivity contribution < 1.29 is 10.2 Å². The van der Waals surface area contributed by atoms with Gasteiger partial charge in [-0.25, -0.2) is 0 Å². The van der Waals surface area contributed by atoms with Gasteiger partial charge in [0.05, 0.1) is 0 Å². The molecular weight excluding hydrogens is 166 g/mol. The van der Waals surface area contributed by atoms with Gasteiger partial charge >= 0.3 is 0 Å². The van der Waals surface area contributed by atoms with Crippen LogP contribution in [0.1, 0.15) is 33.6 Å². The molecule has 3 nitrogen and oxygen atoms in total. The molecule has 1 heterocycles. The minimum Gasteiger partial charge on any atom is -0.397 e. The molecular formula is C10H23NO2. The minimum absolute atomic E-state index is 0.250. The molecule has 2 unspecified atom stereocenters. The fourth-order valence-electron chi connectivity index (χ4n) is 1.76. The Morgan fingerprint density at radius 1 is 1.46 bits per heavy atom. The van der Waals surface area contributed by atoms with E-state index in [1.807, 2.05) is 0 Å². The lowest BCUT2D eigenvalue weighted by atomic mass is 9.85. The summed E-state index contributed by atoms with van der Waals surface area (Å²) in [4.78, 5) is 0. The van der Waals surface area contributed by atoms with Crippen LogP contribution >= 0.6 is 0 Å². The molecule has 13 heavy (non-hydrogen) atoms. The van der Waals surface area contributed by atoms with Crippen LogP contribution in [0, 0.1) is 5.41 Å². The molecule has 1 saturated heterocycles. The van der Waals surface area contributed by atoms with Crippen LogP contribution in [0.25, 0.3) is 0 Å². The van der Waals surface area contributed by atoms with Gasteiger partial charge in [0, 0.05) is 25.8 Å². The molecule has 1 fully saturated rings. The maximum atomic E-state index is 8.75. The zero-order chi connectivity index (χ0) is 10.3. The van der Waals surface area contributed by atoms with Crippen LogP contribution in [0.15, 0.2) is 0 Å². The molecule has 2 atom stereocenters. The summed E-state index contributed by atoms with van der Waals surface area (Å²) < 4.78 is 0. The SMILES string of the molecule is CC1CC(C)(CCO)CN1.CCO. The zero-order valence-electron chi connectivity index (χ0n) is 9.01. The molecule has 3 heteroatoms. The van der Waals surface area contributed by atoms with E-state index in [4.69, 9.17) is 10.2 Å². The second-order valence-corrected chi connectivity index (χ2v) is 4.09. The van der Waals surface area contributed by atoms with E-state index >= 15 is 0 Å². The van der Waals surface area contributed by atoms with Gasteiger partial charge in [-0.1, -0.05) is 6.92 Å². The summed E-state index contributed by atoms with van der Waals surface area (Å²) in [5.74, 6) is 0. The van der Waals surface area contributed by atoms with E-state index in [2.05, 4.69) is 19.2 Å². The molecule has 3 N–H and O–H groups in total. The fraction of sp³-hybridized carbons (Fsp3) is 1.00. The monoisotopic (exact) mass is 189 g/mol. The first-order valence-electron chi connectivity index (χ1n) is 5.03. The van der Waals surface area contributed by atoms with Crippen molar-refractivity contribution in [1.29, 1.82) is 0 Å². The molecule has 80 valence electrons. The lowest BCUT2D eigenvalue weighted by Gasteiger charge is -2.20. The smallest absolute Gasteiger partial charge is 0.0436 e. The first kappa shape index (κ1) is 12.9. The van der Waals surface area contributed by atoms with Gasteiger partial charge in [-0.3, -0.25) is 0 Å². The van der Waals surface area contributed by atoms with Crippen LogP contribution in [-0.2, 0) is 0 Å². The van der Waals surface area contributed by atoms with Crippen LogP contribution in [0.3, 0.4) is 0 Å². The summed E-state index contributed by atoms with van der Waals surface area (Å²) in [7, 11) is 0. The zero-order valence-corrected chi connectivity index (χ0v) is 9.01. The normalized spacial score (nSPS) is 32.5. The summed E-state index contributed by atoms with van der Waals surface area (Å²) in [5.41, 5.74) is 0.355. The maximum Gasteiger partial charge on any atom is 0.0436 e. The topological polar surface area (TPSA) is 52.5 Å². The number of hydrogen-bond donors (Lipinski definition) is 3. The Balaban J connectivity index is 0.000000424. The summed E-state index contributed by atoms with van der Waals surface area (Å²) in [6.07, 6.45) is 2.14. The lowest BCUT2D eigenvalue weighted by Crippen LogP contribution is -2.21. The van der Waals surface area contributed by atoms with Crippen molar-refractivity contribution in [3.63, 3.8) is 0 Å². The lowest BCUT2D eigenvalue weighted by molar-refractivity contribution is 0.209. The average molecular weight is 189 g/mol. The second-order valence-electron chi connectivity index (χ2n) is 4.09. The van der Waals surface area contributed by atoms with Gasteiger partial charge in [-0.05, 0) is 32.1 Å². The van der Waals surface area contributed by atoms with Gasteiger partial charge in [0.2, 0.25) is 0 Å². The van der Waals surface area contributed by atoms with Gasteiger partial charge < -0.3 is 15.5 Å². The Morgan fingerprint density at radius 2 is 2.00 bits per heavy atom. The molecule has 0 aromatic heterocycles. The third-order valence-electron chi connectivity index (χ3n) is 2.39. The number of aliphatic hydroxyl groups excluding tert-OH is 2. The van der Waals surface area contributed by atoms with E-state index in [1.54, 1.807) is 6.92 Å². The molecule has 1 rings (SSSR count). The Kier molecular flexibility index (Phi) is 6.29. The number of hydrogen-bond acceptors (Lipinski definition) is 3. The van der Waals surface area contributed by atoms with Crippen LogP contribution in [0.2, 0.25) is 0 Å². The van der Waals surface area contributed by atoms with Crippen molar-refractivity contribution in [2.45, 2.75) is 39.7 Å². The van der Waals surface area contributed by atoms with Crippen molar-refractivity contribution in [1.82, 2.24) is 5.32 Å². The standard InChI is InChI=1S/C8H17NO.C2H6O/c1-7-5-8(2,3-4-10)6-9-7;1-2-3/h7,9-10H,3-6H2,1-2H3;3H,2H2,1H3. The van der Waals surface area contributed by atoms with E-state index in [1.165, 1.54) is 6.42 Å². The third-order valence-corrected chi connectivity index (χ3v) is 2.39. The summed E-state index contributed by atoms with van der Waals surface area (Å²) in [6.45, 7) is 7.75. The first-order valence-corrected chi connectivity index (χ1v) is 5.03. The molecule has 0 saturated carbocycles. The maximum absolute atomic E-state index is 8.75. The van der Waals surface area contributed by atoms with Gasteiger partial charge in [-0.15, -0.1) is 0 Å². The Bertz CT molecular complexity index is 126. The van der Waals surface area contributed by atoms with E-state index in [-0.39, 0.29) is 6.61 Å². The van der Waals surface area contributed by atoms with Crippen molar-refractivity contribution in [2.75, 3.05) is 19.8 Å². The van der Waals surface area contributed by atoms with Crippen LogP contribution in [0.5, 0.6) is 0 Å². The van der Waals surface area contributed by atoms with E-state index in [0.29, 0.717) is 18.1 Å². The quantitative estimate of drug-likeness (QED) is 0.601. The van der Waals surface area contributed by atoms with E-state index in [0.717, 1.165) is 13.0 Å². The van der Waals surface area contributed by atoms with Gasteiger partial charge in [0.25, 0.3) is 0 Å². The number of aliphatic hydroxyl groups is 2. The highest BCUT2D eigenvalue weighted by Gasteiger charge is 2.31. The summed E-state index contributed by atoms with van der Waals surface area (Å²) in [6, 6.07) is 0.636. The largest absolute Gasteiger partial charge is 0.397 e.